The lowest BCUT2D eigenvalue weighted by Crippen LogP contribution is -2.35. The number of rotatable bonds is 0. The van der Waals surface area contributed by atoms with Gasteiger partial charge in [0.25, 0.3) is 0 Å². The number of hydrogen-bond acceptors (Lipinski definition) is 0. The highest BCUT2D eigenvalue weighted by atomic mass is 14.7. The summed E-state index contributed by atoms with van der Waals surface area (Å²) in [6, 6.07) is 0. The van der Waals surface area contributed by atoms with Crippen LogP contribution in [0.1, 0.15) is 12.8 Å². The molecule has 2 saturated carbocycles. The fourth-order valence-electron chi connectivity index (χ4n) is 7.00. The van der Waals surface area contributed by atoms with Crippen molar-refractivity contribution < 1.29 is 0 Å². The molecule has 0 bridgehead atoms. The standard InChI is InChI=1S/C25H24/c1-5-13-21-17(9-1)18-10-2-6-14-22(18)25(21)23-15-7-3-11-19(23)20-12-4-8-16-24(20)25/h1-9,11,13-21,23H,10,12H2. The van der Waals surface area contributed by atoms with Crippen molar-refractivity contribution in [1.29, 1.82) is 0 Å². The van der Waals surface area contributed by atoms with Gasteiger partial charge in [-0.3, -0.25) is 0 Å². The van der Waals surface area contributed by atoms with Crippen LogP contribution in [0.3, 0.4) is 0 Å². The minimum atomic E-state index is 0.197. The molecule has 0 N–H and O–H groups in total. The maximum atomic E-state index is 2.54. The molecule has 25 heavy (non-hydrogen) atoms. The largest absolute Gasteiger partial charge is 0.0839 e. The lowest BCUT2D eigenvalue weighted by Gasteiger charge is -2.41. The molecule has 2 fully saturated rings. The quantitative estimate of drug-likeness (QED) is 0.534. The van der Waals surface area contributed by atoms with Crippen molar-refractivity contribution in [2.75, 3.05) is 0 Å². The highest BCUT2D eigenvalue weighted by molar-refractivity contribution is 5.54. The van der Waals surface area contributed by atoms with Gasteiger partial charge in [-0.15, -0.1) is 0 Å². The summed E-state index contributed by atoms with van der Waals surface area (Å²) in [5, 5.41) is 0. The Labute approximate surface area is 150 Å². The smallest absolute Gasteiger partial charge is 0.0270 e. The van der Waals surface area contributed by atoms with Gasteiger partial charge in [0.2, 0.25) is 0 Å². The van der Waals surface area contributed by atoms with Crippen LogP contribution in [-0.2, 0) is 0 Å². The molecular weight excluding hydrogens is 300 g/mol. The Hall–Kier alpha value is -2.08. The minimum absolute atomic E-state index is 0.197. The SMILES string of the molecule is C1=CCC2C(=C1)C1(C3=CC=CCC3C3C=CC=CC31)C1C=CC=CC21. The van der Waals surface area contributed by atoms with E-state index in [2.05, 4.69) is 85.1 Å². The fourth-order valence-corrected chi connectivity index (χ4v) is 7.00. The van der Waals surface area contributed by atoms with E-state index >= 15 is 0 Å². The van der Waals surface area contributed by atoms with Crippen molar-refractivity contribution in [3.05, 3.63) is 96.2 Å². The molecule has 0 aromatic heterocycles. The second-order valence-electron chi connectivity index (χ2n) is 8.40. The summed E-state index contributed by atoms with van der Waals surface area (Å²) in [6.07, 6.45) is 36.0. The van der Waals surface area contributed by atoms with Crippen molar-refractivity contribution in [3.63, 3.8) is 0 Å². The number of hydrogen-bond donors (Lipinski definition) is 0. The molecule has 0 aromatic carbocycles. The first kappa shape index (κ1) is 14.1. The summed E-state index contributed by atoms with van der Waals surface area (Å²) in [6.45, 7) is 0. The summed E-state index contributed by atoms with van der Waals surface area (Å²) in [5.41, 5.74) is 3.64. The van der Waals surface area contributed by atoms with Gasteiger partial charge < -0.3 is 0 Å². The molecule has 0 heteroatoms. The predicted molar refractivity (Wildman–Crippen MR) is 104 cm³/mol. The van der Waals surface area contributed by atoms with E-state index in [9.17, 15) is 0 Å². The molecule has 0 heterocycles. The molecule has 6 unspecified atom stereocenters. The van der Waals surface area contributed by atoms with Crippen LogP contribution in [0.25, 0.3) is 0 Å². The van der Waals surface area contributed by atoms with Gasteiger partial charge in [0.1, 0.15) is 0 Å². The Bertz CT molecular complexity index is 778. The molecule has 124 valence electrons. The van der Waals surface area contributed by atoms with Crippen LogP contribution < -0.4 is 0 Å². The zero-order valence-corrected chi connectivity index (χ0v) is 14.5. The molecule has 0 aromatic rings. The lowest BCUT2D eigenvalue weighted by atomic mass is 9.61. The van der Waals surface area contributed by atoms with Gasteiger partial charge in [-0.1, -0.05) is 96.2 Å². The first-order valence-electron chi connectivity index (χ1n) is 9.87. The number of allylic oxidation sites excluding steroid dienone is 16. The van der Waals surface area contributed by atoms with Gasteiger partial charge in [-0.25, -0.2) is 0 Å². The molecular formula is C25H24. The van der Waals surface area contributed by atoms with E-state index in [-0.39, 0.29) is 5.41 Å². The minimum Gasteiger partial charge on any atom is -0.0839 e. The molecule has 0 amide bonds. The Morgan fingerprint density at radius 3 is 1.60 bits per heavy atom. The molecule has 6 aliphatic carbocycles. The van der Waals surface area contributed by atoms with Crippen LogP contribution in [0.5, 0.6) is 0 Å². The van der Waals surface area contributed by atoms with Crippen LogP contribution in [-0.4, -0.2) is 0 Å². The maximum absolute atomic E-state index is 2.54. The van der Waals surface area contributed by atoms with Crippen molar-refractivity contribution in [2.24, 2.45) is 40.9 Å². The summed E-state index contributed by atoms with van der Waals surface area (Å²) in [5.74, 6) is 3.90. The van der Waals surface area contributed by atoms with E-state index in [1.165, 1.54) is 12.8 Å². The Kier molecular flexibility index (Phi) is 2.81. The van der Waals surface area contributed by atoms with E-state index in [1.54, 1.807) is 11.1 Å². The first-order chi connectivity index (χ1) is 12.4. The Morgan fingerprint density at radius 2 is 1.08 bits per heavy atom. The molecule has 6 aliphatic rings. The second kappa shape index (κ2) is 4.97. The highest BCUT2D eigenvalue weighted by Gasteiger charge is 2.66. The van der Waals surface area contributed by atoms with Gasteiger partial charge in [0.15, 0.2) is 0 Å². The van der Waals surface area contributed by atoms with E-state index in [0.717, 1.165) is 0 Å². The summed E-state index contributed by atoms with van der Waals surface area (Å²) in [4.78, 5) is 0. The van der Waals surface area contributed by atoms with Crippen LogP contribution in [0, 0.1) is 40.9 Å². The van der Waals surface area contributed by atoms with Crippen LogP contribution in [0.4, 0.5) is 0 Å². The molecule has 1 spiro atoms. The summed E-state index contributed by atoms with van der Waals surface area (Å²) in [7, 11) is 0. The molecule has 0 nitrogen and oxygen atoms in total. The average molecular weight is 324 g/mol. The number of fused-ring (bicyclic) bond motifs is 10. The zero-order valence-electron chi connectivity index (χ0n) is 14.5. The van der Waals surface area contributed by atoms with Crippen molar-refractivity contribution in [2.45, 2.75) is 12.8 Å². The fraction of sp³-hybridized carbons (Fsp3) is 0.360. The van der Waals surface area contributed by atoms with Gasteiger partial charge in [-0.05, 0) is 48.3 Å². The Balaban J connectivity index is 1.65. The first-order valence-corrected chi connectivity index (χ1v) is 9.87. The molecule has 0 aliphatic heterocycles. The van der Waals surface area contributed by atoms with Gasteiger partial charge in [-0.2, -0.15) is 0 Å². The molecule has 6 atom stereocenters. The van der Waals surface area contributed by atoms with E-state index in [4.69, 9.17) is 0 Å². The normalized spacial score (nSPS) is 47.4. The third-order valence-corrected chi connectivity index (χ3v) is 7.69. The molecule has 6 rings (SSSR count). The van der Waals surface area contributed by atoms with Crippen molar-refractivity contribution in [1.82, 2.24) is 0 Å². The third kappa shape index (κ3) is 1.59. The van der Waals surface area contributed by atoms with Gasteiger partial charge in [0, 0.05) is 5.41 Å². The lowest BCUT2D eigenvalue weighted by molar-refractivity contribution is 0.249. The Morgan fingerprint density at radius 1 is 0.600 bits per heavy atom. The zero-order chi connectivity index (χ0) is 16.4. The molecule has 0 saturated heterocycles. The highest BCUT2D eigenvalue weighted by Crippen LogP contribution is 2.72. The van der Waals surface area contributed by atoms with Crippen LogP contribution in [0.2, 0.25) is 0 Å². The third-order valence-electron chi connectivity index (χ3n) is 7.69. The maximum Gasteiger partial charge on any atom is 0.0270 e. The van der Waals surface area contributed by atoms with Gasteiger partial charge in [0.05, 0.1) is 0 Å². The topological polar surface area (TPSA) is 0 Å². The average Bonchev–Trinajstić information content (AvgIpc) is 3.16. The van der Waals surface area contributed by atoms with E-state index in [0.29, 0.717) is 35.5 Å². The van der Waals surface area contributed by atoms with Crippen molar-refractivity contribution in [3.8, 4) is 0 Å². The summed E-state index contributed by atoms with van der Waals surface area (Å²) < 4.78 is 0. The summed E-state index contributed by atoms with van der Waals surface area (Å²) >= 11 is 0. The van der Waals surface area contributed by atoms with Crippen LogP contribution >= 0.6 is 0 Å². The van der Waals surface area contributed by atoms with Crippen molar-refractivity contribution >= 4 is 0 Å². The predicted octanol–water partition coefficient (Wildman–Crippen LogP) is 5.72. The van der Waals surface area contributed by atoms with E-state index < -0.39 is 0 Å². The second-order valence-corrected chi connectivity index (χ2v) is 8.40. The van der Waals surface area contributed by atoms with E-state index in [1.807, 2.05) is 0 Å². The molecule has 0 radical (unpaired) electrons. The van der Waals surface area contributed by atoms with Gasteiger partial charge >= 0.3 is 0 Å². The monoisotopic (exact) mass is 324 g/mol. The van der Waals surface area contributed by atoms with Crippen LogP contribution in [0.15, 0.2) is 96.2 Å².